The lowest BCUT2D eigenvalue weighted by molar-refractivity contribution is 0.273. The lowest BCUT2D eigenvalue weighted by atomic mass is 10.2. The van der Waals surface area contributed by atoms with Gasteiger partial charge in [-0.25, -0.2) is 9.97 Å². The molecule has 22 heavy (non-hydrogen) atoms. The zero-order chi connectivity index (χ0) is 16.4. The van der Waals surface area contributed by atoms with Crippen LogP contribution in [0, 0.1) is 0 Å². The van der Waals surface area contributed by atoms with Gasteiger partial charge < -0.3 is 9.16 Å². The number of methoxy groups -OCH3 is 1. The number of aromatic nitrogens is 2. The first-order chi connectivity index (χ1) is 10.2. The summed E-state index contributed by atoms with van der Waals surface area (Å²) in [6, 6.07) is 3.87. The molecule has 0 aliphatic carbocycles. The Morgan fingerprint density at radius 2 is 2.00 bits per heavy atom. The van der Waals surface area contributed by atoms with E-state index in [1.165, 1.54) is 0 Å². The zero-order valence-corrected chi connectivity index (χ0v) is 16.0. The van der Waals surface area contributed by atoms with Crippen LogP contribution in [0.15, 0.2) is 23.7 Å². The molecule has 0 spiro atoms. The van der Waals surface area contributed by atoms with Gasteiger partial charge >= 0.3 is 0 Å². The van der Waals surface area contributed by atoms with Crippen LogP contribution in [-0.2, 0) is 11.0 Å². The van der Waals surface area contributed by atoms with E-state index in [1.807, 2.05) is 12.1 Å². The van der Waals surface area contributed by atoms with Crippen molar-refractivity contribution in [2.75, 3.05) is 7.11 Å². The van der Waals surface area contributed by atoms with Crippen molar-refractivity contribution in [1.29, 1.82) is 0 Å². The van der Waals surface area contributed by atoms with Gasteiger partial charge in [0.15, 0.2) is 8.32 Å². The molecule has 0 saturated carbocycles. The Morgan fingerprint density at radius 3 is 2.64 bits per heavy atom. The van der Waals surface area contributed by atoms with Gasteiger partial charge in [-0.05, 0) is 30.3 Å². The summed E-state index contributed by atoms with van der Waals surface area (Å²) in [6.45, 7) is 11.8. The number of pyridine rings is 1. The molecule has 0 aliphatic rings. The summed E-state index contributed by atoms with van der Waals surface area (Å²) in [4.78, 5) is 8.89. The van der Waals surface area contributed by atoms with Crippen LogP contribution in [0.2, 0.25) is 18.1 Å². The molecule has 6 heteroatoms. The van der Waals surface area contributed by atoms with Crippen LogP contribution in [0.1, 0.15) is 26.5 Å². The van der Waals surface area contributed by atoms with Crippen molar-refractivity contribution in [2.24, 2.45) is 0 Å². The fourth-order valence-corrected chi connectivity index (χ4v) is 3.45. The molecule has 4 nitrogen and oxygen atoms in total. The van der Waals surface area contributed by atoms with E-state index in [0.717, 1.165) is 16.3 Å². The zero-order valence-electron chi connectivity index (χ0n) is 14.1. The molecule has 2 rings (SSSR count). The van der Waals surface area contributed by atoms with E-state index in [2.05, 4.69) is 49.2 Å². The van der Waals surface area contributed by atoms with Crippen LogP contribution >= 0.6 is 11.3 Å². The largest absolute Gasteiger partial charge is 0.480 e. The predicted molar refractivity (Wildman–Crippen MR) is 93.9 cm³/mol. The van der Waals surface area contributed by atoms with Crippen molar-refractivity contribution in [1.82, 2.24) is 9.97 Å². The maximum atomic E-state index is 6.22. The highest BCUT2D eigenvalue weighted by atomic mass is 32.1. The van der Waals surface area contributed by atoms with Crippen LogP contribution in [0.4, 0.5) is 0 Å². The van der Waals surface area contributed by atoms with Gasteiger partial charge in [0, 0.05) is 11.6 Å². The third kappa shape index (κ3) is 3.74. The average Bonchev–Trinajstić information content (AvgIpc) is 2.92. The van der Waals surface area contributed by atoms with Gasteiger partial charge in [0.1, 0.15) is 5.01 Å². The topological polar surface area (TPSA) is 44.2 Å². The van der Waals surface area contributed by atoms with E-state index in [9.17, 15) is 0 Å². The predicted octanol–water partition coefficient (Wildman–Crippen LogP) is 4.74. The molecule has 0 radical (unpaired) electrons. The average molecular weight is 337 g/mol. The van der Waals surface area contributed by atoms with E-state index in [-0.39, 0.29) is 5.04 Å². The van der Waals surface area contributed by atoms with Crippen LogP contribution in [0.3, 0.4) is 0 Å². The monoisotopic (exact) mass is 336 g/mol. The third-order valence-electron chi connectivity index (χ3n) is 4.13. The first-order valence-electron chi connectivity index (χ1n) is 7.32. The standard InChI is InChI=1S/C16H24N2O2SSi/c1-16(2,3)22(5,6)20-10-12-11-21-15(18-12)13-8-7-9-17-14(13)19-4/h7-9,11H,10H2,1-6H3. The number of nitrogens with zero attached hydrogens (tertiary/aromatic N) is 2. The number of hydrogen-bond acceptors (Lipinski definition) is 5. The van der Waals surface area contributed by atoms with Crippen LogP contribution < -0.4 is 4.74 Å². The SMILES string of the molecule is COc1ncccc1-c1nc(CO[Si](C)(C)C(C)(C)C)cs1. The summed E-state index contributed by atoms with van der Waals surface area (Å²) in [5.74, 6) is 0.605. The van der Waals surface area contributed by atoms with Crippen molar-refractivity contribution in [2.45, 2.75) is 45.5 Å². The second-order valence-corrected chi connectivity index (χ2v) is 12.4. The van der Waals surface area contributed by atoms with Gasteiger partial charge in [-0.2, -0.15) is 0 Å². The molecule has 2 aromatic rings. The van der Waals surface area contributed by atoms with Crippen molar-refractivity contribution < 1.29 is 9.16 Å². The summed E-state index contributed by atoms with van der Waals surface area (Å²) in [5, 5.41) is 3.17. The maximum Gasteiger partial charge on any atom is 0.223 e. The molecule has 2 aromatic heterocycles. The molecule has 0 aromatic carbocycles. The Morgan fingerprint density at radius 1 is 1.27 bits per heavy atom. The summed E-state index contributed by atoms with van der Waals surface area (Å²) in [7, 11) is -0.122. The van der Waals surface area contributed by atoms with E-state index in [4.69, 9.17) is 9.16 Å². The van der Waals surface area contributed by atoms with E-state index in [1.54, 1.807) is 24.6 Å². The molecular weight excluding hydrogens is 312 g/mol. The van der Waals surface area contributed by atoms with Gasteiger partial charge in [-0.1, -0.05) is 20.8 Å². The minimum Gasteiger partial charge on any atom is -0.480 e. The molecule has 0 amide bonds. The minimum absolute atomic E-state index is 0.207. The summed E-state index contributed by atoms with van der Waals surface area (Å²) < 4.78 is 11.5. The molecule has 2 heterocycles. The van der Waals surface area contributed by atoms with Gasteiger partial charge in [0.2, 0.25) is 5.88 Å². The first-order valence-corrected chi connectivity index (χ1v) is 11.1. The minimum atomic E-state index is -1.75. The van der Waals surface area contributed by atoms with Gasteiger partial charge in [-0.3, -0.25) is 0 Å². The molecular formula is C16H24N2O2SSi. The fourth-order valence-electron chi connectivity index (χ4n) is 1.68. The molecule has 0 saturated heterocycles. The lowest BCUT2D eigenvalue weighted by Crippen LogP contribution is -2.40. The quantitative estimate of drug-likeness (QED) is 0.740. The normalized spacial score (nSPS) is 12.5. The highest BCUT2D eigenvalue weighted by Crippen LogP contribution is 2.37. The maximum absolute atomic E-state index is 6.22. The van der Waals surface area contributed by atoms with Gasteiger partial charge in [0.25, 0.3) is 0 Å². The van der Waals surface area contributed by atoms with E-state index >= 15 is 0 Å². The molecule has 0 unspecified atom stereocenters. The molecule has 0 atom stereocenters. The smallest absolute Gasteiger partial charge is 0.223 e. The number of hydrogen-bond donors (Lipinski definition) is 0. The van der Waals surface area contributed by atoms with Crippen molar-refractivity contribution in [3.05, 3.63) is 29.4 Å². The molecule has 120 valence electrons. The van der Waals surface area contributed by atoms with Gasteiger partial charge in [0.05, 0.1) is 25.0 Å². The van der Waals surface area contributed by atoms with E-state index in [0.29, 0.717) is 12.5 Å². The van der Waals surface area contributed by atoms with E-state index < -0.39 is 8.32 Å². The first kappa shape index (κ1) is 17.1. The van der Waals surface area contributed by atoms with Crippen molar-refractivity contribution >= 4 is 19.7 Å². The Labute approximate surface area is 137 Å². The summed E-state index contributed by atoms with van der Waals surface area (Å²) >= 11 is 1.59. The Hall–Kier alpha value is -1.24. The van der Waals surface area contributed by atoms with Crippen LogP contribution in [0.5, 0.6) is 5.88 Å². The second-order valence-electron chi connectivity index (χ2n) is 6.75. The van der Waals surface area contributed by atoms with Gasteiger partial charge in [-0.15, -0.1) is 11.3 Å². The second kappa shape index (κ2) is 6.48. The third-order valence-corrected chi connectivity index (χ3v) is 9.54. The van der Waals surface area contributed by atoms with Crippen molar-refractivity contribution in [3.8, 4) is 16.5 Å². The summed E-state index contributed by atoms with van der Waals surface area (Å²) in [6.07, 6.45) is 1.72. The Balaban J connectivity index is 2.13. The Kier molecular flexibility index (Phi) is 5.04. The summed E-state index contributed by atoms with van der Waals surface area (Å²) in [5.41, 5.74) is 1.89. The highest BCUT2D eigenvalue weighted by molar-refractivity contribution is 7.13. The number of ether oxygens (including phenoxy) is 1. The Bertz CT molecular complexity index is 635. The number of rotatable bonds is 5. The molecule has 0 fully saturated rings. The molecule has 0 aliphatic heterocycles. The van der Waals surface area contributed by atoms with Crippen LogP contribution in [0.25, 0.3) is 10.6 Å². The number of thiazole rings is 1. The molecule has 0 N–H and O–H groups in total. The lowest BCUT2D eigenvalue weighted by Gasteiger charge is -2.35. The highest BCUT2D eigenvalue weighted by Gasteiger charge is 2.37. The van der Waals surface area contributed by atoms with Crippen molar-refractivity contribution in [3.63, 3.8) is 0 Å². The fraction of sp³-hybridized carbons (Fsp3) is 0.500. The molecule has 0 bridgehead atoms. The van der Waals surface area contributed by atoms with Crippen LogP contribution in [-0.4, -0.2) is 25.4 Å².